The summed E-state index contributed by atoms with van der Waals surface area (Å²) in [5.41, 5.74) is -1.21. The fraction of sp³-hybridized carbons (Fsp3) is 0.238. The van der Waals surface area contributed by atoms with Gasteiger partial charge >= 0.3 is 6.18 Å². The molecule has 2 amide bonds. The van der Waals surface area contributed by atoms with Gasteiger partial charge in [-0.2, -0.15) is 13.2 Å². The van der Waals surface area contributed by atoms with Crippen molar-refractivity contribution in [2.24, 2.45) is 0 Å². The number of hydrogen-bond donors (Lipinski definition) is 0. The second-order valence-corrected chi connectivity index (χ2v) is 6.67. The molecule has 1 aliphatic heterocycles. The Hall–Kier alpha value is -3.23. The van der Waals surface area contributed by atoms with Crippen molar-refractivity contribution in [3.8, 4) is 0 Å². The fourth-order valence-electron chi connectivity index (χ4n) is 3.10. The zero-order valence-corrected chi connectivity index (χ0v) is 15.6. The van der Waals surface area contributed by atoms with E-state index >= 15 is 0 Å². The van der Waals surface area contributed by atoms with Gasteiger partial charge in [-0.15, -0.1) is 0 Å². The number of carbonyl (C=O) groups excluding carboxylic acids is 2. The van der Waals surface area contributed by atoms with Gasteiger partial charge < -0.3 is 9.80 Å². The largest absolute Gasteiger partial charge is 0.417 e. The fourth-order valence-corrected chi connectivity index (χ4v) is 3.10. The molecule has 1 aliphatic rings. The maximum Gasteiger partial charge on any atom is 0.417 e. The average molecular weight is 424 g/mol. The molecule has 1 saturated heterocycles. The predicted octanol–water partition coefficient (Wildman–Crippen LogP) is 3.90. The van der Waals surface area contributed by atoms with E-state index in [-0.39, 0.29) is 37.3 Å². The van der Waals surface area contributed by atoms with Crippen molar-refractivity contribution >= 4 is 17.4 Å². The minimum atomic E-state index is -4.71. The summed E-state index contributed by atoms with van der Waals surface area (Å²) in [5.74, 6) is -3.59. The first-order valence-corrected chi connectivity index (χ1v) is 9.04. The Morgan fingerprint density at radius 1 is 0.800 bits per heavy atom. The van der Waals surface area contributed by atoms with Crippen LogP contribution < -0.4 is 0 Å². The lowest BCUT2D eigenvalue weighted by atomic mass is 10.0. The Morgan fingerprint density at radius 3 is 1.97 bits per heavy atom. The molecule has 0 unspecified atom stereocenters. The molecule has 0 bridgehead atoms. The van der Waals surface area contributed by atoms with Crippen LogP contribution >= 0.6 is 0 Å². The van der Waals surface area contributed by atoms with Gasteiger partial charge in [-0.1, -0.05) is 30.3 Å². The van der Waals surface area contributed by atoms with Crippen LogP contribution in [0, 0.1) is 11.6 Å². The minimum absolute atomic E-state index is 0.0185. The molecule has 0 saturated carbocycles. The van der Waals surface area contributed by atoms with E-state index in [1.165, 1.54) is 34.1 Å². The zero-order valence-electron chi connectivity index (χ0n) is 15.6. The number of allylic oxidation sites excluding steroid dienone is 1. The van der Waals surface area contributed by atoms with E-state index in [9.17, 15) is 31.5 Å². The standard InChI is InChI=1S/C21H17F5N2O2/c22-17-7-6-15(12-18(17)23)20(30)28-10-8-27(9-11-28)19(29)13-16(21(24,25)26)14-4-2-1-3-5-14/h1-7,12-13H,8-11H2/b16-13-. The molecule has 0 radical (unpaired) electrons. The molecular weight excluding hydrogens is 407 g/mol. The van der Waals surface area contributed by atoms with Crippen LogP contribution in [0.4, 0.5) is 22.0 Å². The normalized spacial score (nSPS) is 15.3. The van der Waals surface area contributed by atoms with Crippen molar-refractivity contribution in [2.45, 2.75) is 6.18 Å². The lowest BCUT2D eigenvalue weighted by Gasteiger charge is -2.34. The SMILES string of the molecule is O=C(/C=C(/c1ccccc1)C(F)(F)F)N1CCN(C(=O)c2ccc(F)c(F)c2)CC1. The quantitative estimate of drug-likeness (QED) is 0.554. The van der Waals surface area contributed by atoms with Crippen LogP contribution in [-0.4, -0.2) is 54.0 Å². The predicted molar refractivity (Wildman–Crippen MR) is 99.3 cm³/mol. The first kappa shape index (κ1) is 21.5. The summed E-state index contributed by atoms with van der Waals surface area (Å²) in [7, 11) is 0. The van der Waals surface area contributed by atoms with Gasteiger partial charge in [-0.3, -0.25) is 9.59 Å². The number of hydrogen-bond acceptors (Lipinski definition) is 2. The van der Waals surface area contributed by atoms with Gasteiger partial charge in [0.2, 0.25) is 5.91 Å². The molecule has 0 aromatic heterocycles. The van der Waals surface area contributed by atoms with E-state index < -0.39 is 35.2 Å². The summed E-state index contributed by atoms with van der Waals surface area (Å²) in [4.78, 5) is 27.4. The van der Waals surface area contributed by atoms with Crippen molar-refractivity contribution in [1.29, 1.82) is 0 Å². The minimum Gasteiger partial charge on any atom is -0.336 e. The zero-order chi connectivity index (χ0) is 21.9. The van der Waals surface area contributed by atoms with Crippen LogP contribution in [0.2, 0.25) is 0 Å². The number of nitrogens with zero attached hydrogens (tertiary/aromatic N) is 2. The average Bonchev–Trinajstić information content (AvgIpc) is 2.73. The number of piperazine rings is 1. The van der Waals surface area contributed by atoms with Crippen molar-refractivity contribution < 1.29 is 31.5 Å². The highest BCUT2D eigenvalue weighted by molar-refractivity contribution is 5.97. The molecule has 2 aromatic carbocycles. The Labute approximate surface area is 169 Å². The Morgan fingerprint density at radius 2 is 1.40 bits per heavy atom. The number of carbonyl (C=O) groups is 2. The highest BCUT2D eigenvalue weighted by atomic mass is 19.4. The summed E-state index contributed by atoms with van der Waals surface area (Å²) >= 11 is 0. The van der Waals surface area contributed by atoms with E-state index in [4.69, 9.17) is 0 Å². The van der Waals surface area contributed by atoms with Crippen LogP contribution in [0.25, 0.3) is 5.57 Å². The second kappa shape index (κ2) is 8.64. The van der Waals surface area contributed by atoms with Gasteiger partial charge in [0.1, 0.15) is 0 Å². The van der Waals surface area contributed by atoms with Crippen LogP contribution in [0.5, 0.6) is 0 Å². The first-order valence-electron chi connectivity index (χ1n) is 9.04. The van der Waals surface area contributed by atoms with Crippen LogP contribution in [0.1, 0.15) is 15.9 Å². The molecule has 4 nitrogen and oxygen atoms in total. The lowest BCUT2D eigenvalue weighted by Crippen LogP contribution is -2.50. The Bertz CT molecular complexity index is 965. The van der Waals surface area contributed by atoms with E-state index in [1.54, 1.807) is 6.07 Å². The van der Waals surface area contributed by atoms with Gasteiger partial charge in [-0.05, 0) is 23.8 Å². The molecule has 2 aromatic rings. The van der Waals surface area contributed by atoms with E-state index in [2.05, 4.69) is 0 Å². The van der Waals surface area contributed by atoms with Crippen molar-refractivity contribution in [3.05, 3.63) is 77.4 Å². The summed E-state index contributed by atoms with van der Waals surface area (Å²) < 4.78 is 66.6. The monoisotopic (exact) mass is 424 g/mol. The number of amides is 2. The topological polar surface area (TPSA) is 40.6 Å². The van der Waals surface area contributed by atoms with E-state index in [1.807, 2.05) is 0 Å². The summed E-state index contributed by atoms with van der Waals surface area (Å²) in [6.07, 6.45) is -4.15. The third-order valence-corrected chi connectivity index (χ3v) is 4.70. The third-order valence-electron chi connectivity index (χ3n) is 4.70. The maximum absolute atomic E-state index is 13.4. The van der Waals surface area contributed by atoms with Gasteiger partial charge in [0.05, 0.1) is 5.57 Å². The Kier molecular flexibility index (Phi) is 6.19. The summed E-state index contributed by atoms with van der Waals surface area (Å²) in [6, 6.07) is 9.78. The molecule has 0 spiro atoms. The van der Waals surface area contributed by atoms with Gasteiger partial charge in [-0.25, -0.2) is 8.78 Å². The maximum atomic E-state index is 13.4. The molecule has 0 aliphatic carbocycles. The summed E-state index contributed by atoms with van der Waals surface area (Å²) in [6.45, 7) is 0.156. The molecule has 0 atom stereocenters. The molecule has 3 rings (SSSR count). The van der Waals surface area contributed by atoms with Gasteiger partial charge in [0.25, 0.3) is 5.91 Å². The third kappa shape index (κ3) is 4.84. The highest BCUT2D eigenvalue weighted by Crippen LogP contribution is 2.33. The highest BCUT2D eigenvalue weighted by Gasteiger charge is 2.36. The van der Waals surface area contributed by atoms with Crippen molar-refractivity contribution in [2.75, 3.05) is 26.2 Å². The molecule has 1 heterocycles. The smallest absolute Gasteiger partial charge is 0.336 e. The first-order chi connectivity index (χ1) is 14.2. The molecule has 9 heteroatoms. The van der Waals surface area contributed by atoms with Gasteiger partial charge in [0, 0.05) is 37.8 Å². The van der Waals surface area contributed by atoms with Crippen LogP contribution in [0.15, 0.2) is 54.6 Å². The number of rotatable bonds is 3. The molecule has 1 fully saturated rings. The van der Waals surface area contributed by atoms with E-state index in [0.29, 0.717) is 6.08 Å². The molecule has 0 N–H and O–H groups in total. The Balaban J connectivity index is 1.69. The lowest BCUT2D eigenvalue weighted by molar-refractivity contribution is -0.127. The van der Waals surface area contributed by atoms with Crippen molar-refractivity contribution in [3.63, 3.8) is 0 Å². The number of benzene rings is 2. The molecule has 158 valence electrons. The number of halogens is 5. The second-order valence-electron chi connectivity index (χ2n) is 6.67. The molecular formula is C21H17F5N2O2. The summed E-state index contributed by atoms with van der Waals surface area (Å²) in [5, 5.41) is 0. The van der Waals surface area contributed by atoms with Crippen LogP contribution in [0.3, 0.4) is 0 Å². The number of alkyl halides is 3. The van der Waals surface area contributed by atoms with E-state index in [0.717, 1.165) is 18.2 Å². The van der Waals surface area contributed by atoms with Gasteiger partial charge in [0.15, 0.2) is 11.6 Å². The van der Waals surface area contributed by atoms with Crippen molar-refractivity contribution in [1.82, 2.24) is 9.80 Å². The van der Waals surface area contributed by atoms with Crippen LogP contribution in [-0.2, 0) is 4.79 Å². The molecule has 30 heavy (non-hydrogen) atoms.